The standard InChI is InChI=1S/C24H28N2O2/c1-7-21(24(28)25-20-12-14(2)8-9-16(20)4)26-22(27)13-17(5)19-11-15(3)10-18(6)23(19)26/h8-13,21H,7H2,1-6H3,(H,25,28). The highest BCUT2D eigenvalue weighted by Gasteiger charge is 2.23. The van der Waals surface area contributed by atoms with Crippen molar-refractivity contribution in [2.45, 2.75) is 54.0 Å². The number of fused-ring (bicyclic) bond motifs is 1. The van der Waals surface area contributed by atoms with Gasteiger partial charge in [-0.2, -0.15) is 0 Å². The highest BCUT2D eigenvalue weighted by molar-refractivity contribution is 5.96. The van der Waals surface area contributed by atoms with Crippen LogP contribution in [0.15, 0.2) is 41.2 Å². The minimum atomic E-state index is -0.572. The lowest BCUT2D eigenvalue weighted by atomic mass is 10.0. The topological polar surface area (TPSA) is 51.1 Å². The van der Waals surface area contributed by atoms with Crippen LogP contribution >= 0.6 is 0 Å². The minimum absolute atomic E-state index is 0.139. The fourth-order valence-corrected chi connectivity index (χ4v) is 3.90. The monoisotopic (exact) mass is 376 g/mol. The summed E-state index contributed by atoms with van der Waals surface area (Å²) in [6.07, 6.45) is 0.530. The molecule has 1 unspecified atom stereocenters. The second-order valence-corrected chi connectivity index (χ2v) is 7.75. The second kappa shape index (κ2) is 7.63. The molecule has 1 heterocycles. The van der Waals surface area contributed by atoms with Crippen molar-refractivity contribution >= 4 is 22.5 Å². The molecule has 4 heteroatoms. The lowest BCUT2D eigenvalue weighted by Gasteiger charge is -2.23. The Bertz CT molecular complexity index is 1130. The number of carbonyl (C=O) groups excluding carboxylic acids is 1. The number of aryl methyl sites for hydroxylation is 5. The predicted molar refractivity (Wildman–Crippen MR) is 116 cm³/mol. The van der Waals surface area contributed by atoms with Crippen molar-refractivity contribution in [2.24, 2.45) is 0 Å². The number of nitrogens with one attached hydrogen (secondary N) is 1. The van der Waals surface area contributed by atoms with Gasteiger partial charge < -0.3 is 5.32 Å². The van der Waals surface area contributed by atoms with Crippen LogP contribution in [0.3, 0.4) is 0 Å². The van der Waals surface area contributed by atoms with Crippen LogP contribution in [0.2, 0.25) is 0 Å². The van der Waals surface area contributed by atoms with Crippen LogP contribution in [0.4, 0.5) is 5.69 Å². The quantitative estimate of drug-likeness (QED) is 0.686. The smallest absolute Gasteiger partial charge is 0.252 e. The SMILES string of the molecule is CCC(C(=O)Nc1cc(C)ccc1C)n1c(=O)cc(C)c2cc(C)cc(C)c21. The molecule has 1 N–H and O–H groups in total. The van der Waals surface area contributed by atoms with Gasteiger partial charge in [0.25, 0.3) is 5.56 Å². The average molecular weight is 377 g/mol. The largest absolute Gasteiger partial charge is 0.324 e. The molecule has 1 atom stereocenters. The molecule has 0 spiro atoms. The van der Waals surface area contributed by atoms with Gasteiger partial charge in [-0.1, -0.05) is 30.7 Å². The first-order valence-corrected chi connectivity index (χ1v) is 9.74. The summed E-state index contributed by atoms with van der Waals surface area (Å²) in [6.45, 7) is 11.9. The van der Waals surface area contributed by atoms with Crippen molar-refractivity contribution in [3.8, 4) is 0 Å². The van der Waals surface area contributed by atoms with E-state index in [0.29, 0.717) is 6.42 Å². The van der Waals surface area contributed by atoms with Crippen molar-refractivity contribution in [1.82, 2.24) is 4.57 Å². The molecular formula is C24H28N2O2. The first-order valence-electron chi connectivity index (χ1n) is 9.74. The van der Waals surface area contributed by atoms with Crippen LogP contribution in [0, 0.1) is 34.6 Å². The maximum Gasteiger partial charge on any atom is 0.252 e. The Morgan fingerprint density at radius 1 is 0.929 bits per heavy atom. The van der Waals surface area contributed by atoms with Crippen LogP contribution in [0.1, 0.15) is 47.2 Å². The number of anilines is 1. The van der Waals surface area contributed by atoms with E-state index in [2.05, 4.69) is 17.4 Å². The zero-order valence-corrected chi connectivity index (χ0v) is 17.5. The Labute approximate surface area is 166 Å². The number of rotatable bonds is 4. The normalized spacial score (nSPS) is 12.2. The van der Waals surface area contributed by atoms with Gasteiger partial charge in [0, 0.05) is 17.1 Å². The van der Waals surface area contributed by atoms with Gasteiger partial charge in [0.15, 0.2) is 0 Å². The summed E-state index contributed by atoms with van der Waals surface area (Å²) in [7, 11) is 0. The molecular weight excluding hydrogens is 348 g/mol. The first kappa shape index (κ1) is 19.9. The molecule has 28 heavy (non-hydrogen) atoms. The number of amides is 1. The van der Waals surface area contributed by atoms with Gasteiger partial charge in [0.1, 0.15) is 6.04 Å². The summed E-state index contributed by atoms with van der Waals surface area (Å²) in [6, 6.07) is 11.2. The van der Waals surface area contributed by atoms with Crippen LogP contribution in [-0.4, -0.2) is 10.5 Å². The summed E-state index contributed by atoms with van der Waals surface area (Å²) in [4.78, 5) is 26.1. The molecule has 146 valence electrons. The molecule has 0 aliphatic heterocycles. The fraction of sp³-hybridized carbons (Fsp3) is 0.333. The van der Waals surface area contributed by atoms with E-state index < -0.39 is 6.04 Å². The zero-order valence-electron chi connectivity index (χ0n) is 17.5. The molecule has 0 saturated heterocycles. The predicted octanol–water partition coefficient (Wildman–Crippen LogP) is 5.13. The van der Waals surface area contributed by atoms with Crippen molar-refractivity contribution in [1.29, 1.82) is 0 Å². The van der Waals surface area contributed by atoms with Gasteiger partial charge in [-0.25, -0.2) is 0 Å². The van der Waals surface area contributed by atoms with E-state index in [9.17, 15) is 9.59 Å². The van der Waals surface area contributed by atoms with E-state index in [1.807, 2.05) is 59.7 Å². The van der Waals surface area contributed by atoms with Crippen LogP contribution in [0.5, 0.6) is 0 Å². The van der Waals surface area contributed by atoms with Crippen LogP contribution < -0.4 is 10.9 Å². The number of hydrogen-bond donors (Lipinski definition) is 1. The lowest BCUT2D eigenvalue weighted by molar-refractivity contribution is -0.119. The molecule has 3 rings (SSSR count). The molecule has 0 saturated carbocycles. The minimum Gasteiger partial charge on any atom is -0.324 e. The summed E-state index contributed by atoms with van der Waals surface area (Å²) < 4.78 is 1.66. The summed E-state index contributed by atoms with van der Waals surface area (Å²) in [5, 5.41) is 4.06. The number of pyridine rings is 1. The average Bonchev–Trinajstić information content (AvgIpc) is 2.61. The van der Waals surface area contributed by atoms with E-state index in [0.717, 1.165) is 44.4 Å². The molecule has 0 aliphatic rings. The van der Waals surface area contributed by atoms with Crippen molar-refractivity contribution in [3.63, 3.8) is 0 Å². The maximum atomic E-state index is 13.2. The summed E-state index contributed by atoms with van der Waals surface area (Å²) in [5.41, 5.74) is 6.67. The number of nitrogens with zero attached hydrogens (tertiary/aromatic N) is 1. The van der Waals surface area contributed by atoms with E-state index in [1.165, 1.54) is 0 Å². The summed E-state index contributed by atoms with van der Waals surface area (Å²) in [5.74, 6) is -0.163. The third kappa shape index (κ3) is 3.59. The zero-order chi connectivity index (χ0) is 20.6. The lowest BCUT2D eigenvalue weighted by Crippen LogP contribution is -2.33. The molecule has 0 bridgehead atoms. The first-order chi connectivity index (χ1) is 13.2. The Balaban J connectivity index is 2.15. The Morgan fingerprint density at radius 2 is 1.64 bits per heavy atom. The third-order valence-electron chi connectivity index (χ3n) is 5.34. The highest BCUT2D eigenvalue weighted by Crippen LogP contribution is 2.27. The van der Waals surface area contributed by atoms with Gasteiger partial charge in [0.05, 0.1) is 5.52 Å². The van der Waals surface area contributed by atoms with Gasteiger partial charge in [0.2, 0.25) is 5.91 Å². The Hall–Kier alpha value is -2.88. The van der Waals surface area contributed by atoms with E-state index in [1.54, 1.807) is 10.6 Å². The van der Waals surface area contributed by atoms with Crippen molar-refractivity contribution < 1.29 is 4.79 Å². The van der Waals surface area contributed by atoms with Crippen LogP contribution in [-0.2, 0) is 4.79 Å². The van der Waals surface area contributed by atoms with Crippen molar-refractivity contribution in [2.75, 3.05) is 5.32 Å². The van der Waals surface area contributed by atoms with Gasteiger partial charge in [-0.15, -0.1) is 0 Å². The Kier molecular flexibility index (Phi) is 5.41. The molecule has 0 fully saturated rings. The molecule has 0 radical (unpaired) electrons. The highest BCUT2D eigenvalue weighted by atomic mass is 16.2. The number of aromatic nitrogens is 1. The Morgan fingerprint density at radius 3 is 2.32 bits per heavy atom. The summed E-state index contributed by atoms with van der Waals surface area (Å²) >= 11 is 0. The van der Waals surface area contributed by atoms with E-state index in [-0.39, 0.29) is 11.5 Å². The number of carbonyl (C=O) groups is 1. The molecule has 4 nitrogen and oxygen atoms in total. The van der Waals surface area contributed by atoms with Crippen LogP contribution in [0.25, 0.3) is 10.9 Å². The van der Waals surface area contributed by atoms with E-state index in [4.69, 9.17) is 0 Å². The van der Waals surface area contributed by atoms with Gasteiger partial charge in [-0.3, -0.25) is 14.2 Å². The van der Waals surface area contributed by atoms with Gasteiger partial charge >= 0.3 is 0 Å². The molecule has 0 aliphatic carbocycles. The number of hydrogen-bond acceptors (Lipinski definition) is 2. The molecule has 2 aromatic carbocycles. The fourth-order valence-electron chi connectivity index (χ4n) is 3.90. The van der Waals surface area contributed by atoms with E-state index >= 15 is 0 Å². The number of benzene rings is 2. The molecule has 1 amide bonds. The van der Waals surface area contributed by atoms with Crippen molar-refractivity contribution in [3.05, 3.63) is 74.6 Å². The molecule has 1 aromatic heterocycles. The van der Waals surface area contributed by atoms with Gasteiger partial charge in [-0.05, 0) is 75.4 Å². The third-order valence-corrected chi connectivity index (χ3v) is 5.34. The second-order valence-electron chi connectivity index (χ2n) is 7.75. The maximum absolute atomic E-state index is 13.2. The molecule has 3 aromatic rings.